The predicted molar refractivity (Wildman–Crippen MR) is 64.6 cm³/mol. The normalized spacial score (nSPS) is 15.5. The number of amides is 1. The Morgan fingerprint density at radius 3 is 2.50 bits per heavy atom. The van der Waals surface area contributed by atoms with E-state index >= 15 is 0 Å². The Labute approximate surface area is 109 Å². The summed E-state index contributed by atoms with van der Waals surface area (Å²) in [5, 5.41) is 0. The van der Waals surface area contributed by atoms with Crippen molar-refractivity contribution in [1.29, 1.82) is 0 Å². The molecule has 18 heavy (non-hydrogen) atoms. The molecular formula is C11H11ClFNO3S. The summed E-state index contributed by atoms with van der Waals surface area (Å²) in [6.45, 7) is 0. The first-order valence-corrected chi connectivity index (χ1v) is 7.63. The molecule has 1 aromatic carbocycles. The molecule has 7 heteroatoms. The van der Waals surface area contributed by atoms with E-state index in [1.807, 2.05) is 0 Å². The van der Waals surface area contributed by atoms with Crippen molar-refractivity contribution in [2.45, 2.75) is 23.8 Å². The van der Waals surface area contributed by atoms with Gasteiger partial charge < -0.3 is 4.90 Å². The summed E-state index contributed by atoms with van der Waals surface area (Å²) in [5.41, 5.74) is -0.145. The van der Waals surface area contributed by atoms with Crippen LogP contribution in [0, 0.1) is 5.82 Å². The monoisotopic (exact) mass is 291 g/mol. The second-order valence-electron chi connectivity index (χ2n) is 4.23. The molecule has 0 heterocycles. The molecule has 0 atom stereocenters. The third-order valence-corrected chi connectivity index (χ3v) is 4.22. The van der Waals surface area contributed by atoms with Gasteiger partial charge in [0.25, 0.3) is 15.0 Å². The number of benzene rings is 1. The van der Waals surface area contributed by atoms with Crippen LogP contribution in [0.2, 0.25) is 0 Å². The maximum Gasteiger partial charge on any atom is 0.261 e. The molecule has 1 saturated carbocycles. The predicted octanol–water partition coefficient (Wildman–Crippen LogP) is 1.99. The van der Waals surface area contributed by atoms with Gasteiger partial charge in [0, 0.05) is 23.8 Å². The fraction of sp³-hybridized carbons (Fsp3) is 0.364. The minimum Gasteiger partial charge on any atom is -0.339 e. The van der Waals surface area contributed by atoms with E-state index in [2.05, 4.69) is 0 Å². The van der Waals surface area contributed by atoms with Crippen LogP contribution in [-0.2, 0) is 9.05 Å². The zero-order chi connectivity index (χ0) is 13.5. The zero-order valence-electron chi connectivity index (χ0n) is 9.56. The molecule has 1 fully saturated rings. The van der Waals surface area contributed by atoms with Gasteiger partial charge in [0.1, 0.15) is 5.82 Å². The number of rotatable bonds is 3. The average Bonchev–Trinajstić information content (AvgIpc) is 3.09. The van der Waals surface area contributed by atoms with E-state index in [0.717, 1.165) is 31.0 Å². The molecule has 4 nitrogen and oxygen atoms in total. The summed E-state index contributed by atoms with van der Waals surface area (Å²) in [7, 11) is 2.71. The minimum atomic E-state index is -3.98. The van der Waals surface area contributed by atoms with Gasteiger partial charge in [0.05, 0.1) is 10.5 Å². The lowest BCUT2D eigenvalue weighted by Gasteiger charge is -2.16. The fourth-order valence-corrected chi connectivity index (χ4v) is 2.40. The van der Waals surface area contributed by atoms with Crippen molar-refractivity contribution in [2.24, 2.45) is 0 Å². The Balaban J connectivity index is 2.32. The molecule has 0 N–H and O–H groups in total. The van der Waals surface area contributed by atoms with Crippen LogP contribution in [0.3, 0.4) is 0 Å². The first-order valence-electron chi connectivity index (χ1n) is 5.32. The highest BCUT2D eigenvalue weighted by atomic mass is 35.7. The van der Waals surface area contributed by atoms with Crippen LogP contribution in [0.1, 0.15) is 23.2 Å². The van der Waals surface area contributed by atoms with Gasteiger partial charge >= 0.3 is 0 Å². The molecule has 0 unspecified atom stereocenters. The molecule has 0 spiro atoms. The van der Waals surface area contributed by atoms with Gasteiger partial charge in [0.15, 0.2) is 0 Å². The Morgan fingerprint density at radius 2 is 2.06 bits per heavy atom. The Hall–Kier alpha value is -1.14. The lowest BCUT2D eigenvalue weighted by molar-refractivity contribution is 0.0780. The molecule has 0 radical (unpaired) electrons. The summed E-state index contributed by atoms with van der Waals surface area (Å²) in [6.07, 6.45) is 1.83. The third kappa shape index (κ3) is 2.64. The molecule has 1 aliphatic carbocycles. The lowest BCUT2D eigenvalue weighted by Crippen LogP contribution is -2.29. The van der Waals surface area contributed by atoms with Crippen LogP contribution < -0.4 is 0 Å². The highest BCUT2D eigenvalue weighted by Gasteiger charge is 2.31. The van der Waals surface area contributed by atoms with E-state index in [4.69, 9.17) is 10.7 Å². The van der Waals surface area contributed by atoms with Crippen molar-refractivity contribution >= 4 is 25.6 Å². The SMILES string of the molecule is CN(C(=O)c1ccc(S(=O)(=O)Cl)cc1F)C1CC1. The van der Waals surface area contributed by atoms with E-state index in [0.29, 0.717) is 0 Å². The summed E-state index contributed by atoms with van der Waals surface area (Å²) >= 11 is 0. The van der Waals surface area contributed by atoms with Crippen molar-refractivity contribution in [3.63, 3.8) is 0 Å². The molecule has 2 rings (SSSR count). The van der Waals surface area contributed by atoms with Crippen LogP contribution in [0.4, 0.5) is 4.39 Å². The molecule has 1 aliphatic rings. The van der Waals surface area contributed by atoms with Gasteiger partial charge in [0.2, 0.25) is 0 Å². The van der Waals surface area contributed by atoms with Crippen molar-refractivity contribution in [2.75, 3.05) is 7.05 Å². The quantitative estimate of drug-likeness (QED) is 0.800. The number of hydrogen-bond acceptors (Lipinski definition) is 3. The van der Waals surface area contributed by atoms with E-state index in [1.54, 1.807) is 7.05 Å². The van der Waals surface area contributed by atoms with Crippen LogP contribution >= 0.6 is 10.7 Å². The van der Waals surface area contributed by atoms with Crippen LogP contribution in [-0.4, -0.2) is 32.3 Å². The summed E-state index contributed by atoms with van der Waals surface area (Å²) in [5.74, 6) is -1.33. The molecular weight excluding hydrogens is 281 g/mol. The summed E-state index contributed by atoms with van der Waals surface area (Å²) in [6, 6.07) is 3.19. The Bertz CT molecular complexity index is 598. The highest BCUT2D eigenvalue weighted by Crippen LogP contribution is 2.27. The van der Waals surface area contributed by atoms with Gasteiger partial charge in [-0.25, -0.2) is 12.8 Å². The minimum absolute atomic E-state index is 0.145. The number of halogens is 2. The number of nitrogens with zero attached hydrogens (tertiary/aromatic N) is 1. The maximum absolute atomic E-state index is 13.7. The second kappa shape index (κ2) is 4.51. The lowest BCUT2D eigenvalue weighted by atomic mass is 10.2. The molecule has 0 bridgehead atoms. The van der Waals surface area contributed by atoms with Gasteiger partial charge in [-0.15, -0.1) is 0 Å². The first-order chi connectivity index (χ1) is 8.30. The highest BCUT2D eigenvalue weighted by molar-refractivity contribution is 8.13. The van der Waals surface area contributed by atoms with Crippen molar-refractivity contribution in [1.82, 2.24) is 4.90 Å². The van der Waals surface area contributed by atoms with Crippen LogP contribution in [0.25, 0.3) is 0 Å². The average molecular weight is 292 g/mol. The Morgan fingerprint density at radius 1 is 1.44 bits per heavy atom. The van der Waals surface area contributed by atoms with E-state index in [9.17, 15) is 17.6 Å². The number of carbonyl (C=O) groups excluding carboxylic acids is 1. The smallest absolute Gasteiger partial charge is 0.261 e. The van der Waals surface area contributed by atoms with Gasteiger partial charge in [-0.1, -0.05) is 0 Å². The molecule has 0 aliphatic heterocycles. The van der Waals surface area contributed by atoms with Gasteiger partial charge in [-0.2, -0.15) is 0 Å². The van der Waals surface area contributed by atoms with Gasteiger partial charge in [-0.3, -0.25) is 4.79 Å². The van der Waals surface area contributed by atoms with Crippen LogP contribution in [0.5, 0.6) is 0 Å². The Kier molecular flexibility index (Phi) is 3.33. The van der Waals surface area contributed by atoms with Gasteiger partial charge in [-0.05, 0) is 31.0 Å². The molecule has 1 aromatic rings. The topological polar surface area (TPSA) is 54.5 Å². The van der Waals surface area contributed by atoms with Crippen molar-refractivity contribution in [3.8, 4) is 0 Å². The number of hydrogen-bond donors (Lipinski definition) is 0. The fourth-order valence-electron chi connectivity index (χ4n) is 1.64. The van der Waals surface area contributed by atoms with Crippen LogP contribution in [0.15, 0.2) is 23.1 Å². The van der Waals surface area contributed by atoms with Crippen molar-refractivity contribution in [3.05, 3.63) is 29.6 Å². The van der Waals surface area contributed by atoms with E-state index in [-0.39, 0.29) is 16.5 Å². The third-order valence-electron chi connectivity index (χ3n) is 2.87. The molecule has 1 amide bonds. The standard InChI is InChI=1S/C11H11ClFNO3S/c1-14(7-2-3-7)11(15)9-5-4-8(6-10(9)13)18(12,16)17/h4-7H,2-3H2,1H3. The summed E-state index contributed by atoms with van der Waals surface area (Å²) in [4.78, 5) is 13.0. The second-order valence-corrected chi connectivity index (χ2v) is 6.79. The number of carbonyl (C=O) groups is 1. The maximum atomic E-state index is 13.7. The first kappa shape index (κ1) is 13.3. The molecule has 0 saturated heterocycles. The molecule has 0 aromatic heterocycles. The zero-order valence-corrected chi connectivity index (χ0v) is 11.1. The molecule has 98 valence electrons. The largest absolute Gasteiger partial charge is 0.339 e. The van der Waals surface area contributed by atoms with E-state index in [1.165, 1.54) is 4.90 Å². The van der Waals surface area contributed by atoms with Crippen molar-refractivity contribution < 1.29 is 17.6 Å². The summed E-state index contributed by atoms with van der Waals surface area (Å²) < 4.78 is 35.7. The van der Waals surface area contributed by atoms with E-state index < -0.39 is 20.8 Å².